The first kappa shape index (κ1) is 21.9. The number of hydrogen-bond acceptors (Lipinski definition) is 6. The van der Waals surface area contributed by atoms with Gasteiger partial charge in [-0.05, 0) is 19.1 Å². The zero-order valence-electron chi connectivity index (χ0n) is 16.2. The van der Waals surface area contributed by atoms with Gasteiger partial charge in [0, 0.05) is 27.3 Å². The summed E-state index contributed by atoms with van der Waals surface area (Å²) >= 11 is 6.35. The molecule has 8 nitrogen and oxygen atoms in total. The number of carbonyl (C=O) groups is 2. The van der Waals surface area contributed by atoms with E-state index in [1.807, 2.05) is 30.3 Å². The number of benzene rings is 1. The first-order valence-electron chi connectivity index (χ1n) is 8.72. The van der Waals surface area contributed by atoms with Gasteiger partial charge < -0.3 is 19.1 Å². The molecular weight excluding hydrogens is 386 g/mol. The second-order valence-corrected chi connectivity index (χ2v) is 6.30. The van der Waals surface area contributed by atoms with Crippen LogP contribution in [0.1, 0.15) is 16.1 Å². The van der Waals surface area contributed by atoms with Crippen molar-refractivity contribution < 1.29 is 23.8 Å². The van der Waals surface area contributed by atoms with Gasteiger partial charge in [-0.3, -0.25) is 4.79 Å². The number of halogens is 1. The van der Waals surface area contributed by atoms with E-state index in [0.29, 0.717) is 32.0 Å². The molecule has 1 aromatic heterocycles. The average Bonchev–Trinajstić information content (AvgIpc) is 3.01. The molecule has 0 aliphatic heterocycles. The van der Waals surface area contributed by atoms with E-state index in [1.165, 1.54) is 9.58 Å². The second-order valence-electron chi connectivity index (χ2n) is 5.94. The zero-order valence-corrected chi connectivity index (χ0v) is 16.9. The molecule has 152 valence electrons. The first-order valence-corrected chi connectivity index (χ1v) is 9.10. The Bertz CT molecular complexity index is 786. The normalized spacial score (nSPS) is 10.7. The van der Waals surface area contributed by atoms with Crippen molar-refractivity contribution in [3.8, 4) is 5.69 Å². The van der Waals surface area contributed by atoms with Crippen LogP contribution in [0.3, 0.4) is 0 Å². The third-order valence-corrected chi connectivity index (χ3v) is 4.37. The Balaban J connectivity index is 2.06. The Morgan fingerprint density at radius 1 is 1.11 bits per heavy atom. The SMILES string of the molecule is COCCN(CCOC)C(=O)COC(=O)c1c(C)nn(-c2ccccc2)c1Cl. The maximum absolute atomic E-state index is 12.5. The maximum atomic E-state index is 12.5. The zero-order chi connectivity index (χ0) is 20.5. The molecule has 0 spiro atoms. The number of hydrogen-bond donors (Lipinski definition) is 0. The number of rotatable bonds is 10. The standard InChI is InChI=1S/C19H24ClN3O5/c1-14-17(18(20)23(21-14)15-7-5-4-6-8-15)19(25)28-13-16(24)22(9-11-26-2)10-12-27-3/h4-8H,9-13H2,1-3H3. The van der Waals surface area contributed by atoms with Crippen LogP contribution < -0.4 is 0 Å². The minimum absolute atomic E-state index is 0.136. The summed E-state index contributed by atoms with van der Waals surface area (Å²) in [5.41, 5.74) is 1.27. The number of carbonyl (C=O) groups excluding carboxylic acids is 2. The van der Waals surface area contributed by atoms with E-state index >= 15 is 0 Å². The van der Waals surface area contributed by atoms with E-state index in [-0.39, 0.29) is 16.6 Å². The summed E-state index contributed by atoms with van der Waals surface area (Å²) in [7, 11) is 3.10. The van der Waals surface area contributed by atoms with E-state index < -0.39 is 12.6 Å². The van der Waals surface area contributed by atoms with Crippen LogP contribution in [0.4, 0.5) is 0 Å². The smallest absolute Gasteiger partial charge is 0.343 e. The number of amides is 1. The summed E-state index contributed by atoms with van der Waals surface area (Å²) in [5, 5.41) is 4.44. The highest BCUT2D eigenvalue weighted by molar-refractivity contribution is 6.33. The van der Waals surface area contributed by atoms with Gasteiger partial charge in [0.15, 0.2) is 6.61 Å². The van der Waals surface area contributed by atoms with Crippen molar-refractivity contribution in [1.82, 2.24) is 14.7 Å². The van der Waals surface area contributed by atoms with Gasteiger partial charge in [0.2, 0.25) is 0 Å². The summed E-state index contributed by atoms with van der Waals surface area (Å²) in [6.45, 7) is 2.76. The third kappa shape index (κ3) is 5.54. The van der Waals surface area contributed by atoms with Crippen molar-refractivity contribution in [2.45, 2.75) is 6.92 Å². The average molecular weight is 410 g/mol. The van der Waals surface area contributed by atoms with E-state index in [4.69, 9.17) is 25.8 Å². The van der Waals surface area contributed by atoms with Crippen molar-refractivity contribution in [3.05, 3.63) is 46.7 Å². The highest BCUT2D eigenvalue weighted by Crippen LogP contribution is 2.24. The van der Waals surface area contributed by atoms with E-state index in [9.17, 15) is 9.59 Å². The molecule has 9 heteroatoms. The number of nitrogens with zero attached hydrogens (tertiary/aromatic N) is 3. The van der Waals surface area contributed by atoms with Crippen LogP contribution in [0.5, 0.6) is 0 Å². The van der Waals surface area contributed by atoms with Crippen molar-refractivity contribution in [1.29, 1.82) is 0 Å². The molecule has 0 bridgehead atoms. The van der Waals surface area contributed by atoms with Gasteiger partial charge in [-0.2, -0.15) is 5.10 Å². The molecule has 2 rings (SSSR count). The number of esters is 1. The number of methoxy groups -OCH3 is 2. The minimum atomic E-state index is -0.698. The van der Waals surface area contributed by atoms with Crippen LogP contribution in [0.15, 0.2) is 30.3 Å². The molecule has 0 radical (unpaired) electrons. The molecular formula is C19H24ClN3O5. The fourth-order valence-corrected chi connectivity index (χ4v) is 2.88. The summed E-state index contributed by atoms with van der Waals surface area (Å²) < 4.78 is 16.7. The predicted molar refractivity (Wildman–Crippen MR) is 104 cm³/mol. The van der Waals surface area contributed by atoms with Crippen molar-refractivity contribution in [2.75, 3.05) is 47.1 Å². The van der Waals surface area contributed by atoms with Crippen LogP contribution >= 0.6 is 11.6 Å². The monoisotopic (exact) mass is 409 g/mol. The highest BCUT2D eigenvalue weighted by Gasteiger charge is 2.24. The van der Waals surface area contributed by atoms with Crippen LogP contribution in [0.2, 0.25) is 5.15 Å². The molecule has 0 aliphatic rings. The van der Waals surface area contributed by atoms with E-state index in [0.717, 1.165) is 5.69 Å². The Hall–Kier alpha value is -2.42. The topological polar surface area (TPSA) is 82.9 Å². The van der Waals surface area contributed by atoms with E-state index in [1.54, 1.807) is 21.1 Å². The minimum Gasteiger partial charge on any atom is -0.452 e. The summed E-state index contributed by atoms with van der Waals surface area (Å²) in [6.07, 6.45) is 0. The summed E-state index contributed by atoms with van der Waals surface area (Å²) in [4.78, 5) is 26.4. The van der Waals surface area contributed by atoms with Gasteiger partial charge in [-0.25, -0.2) is 9.48 Å². The fraction of sp³-hybridized carbons (Fsp3) is 0.421. The molecule has 28 heavy (non-hydrogen) atoms. The number of aryl methyl sites for hydroxylation is 1. The fourth-order valence-electron chi connectivity index (χ4n) is 2.53. The highest BCUT2D eigenvalue weighted by atomic mass is 35.5. The molecule has 0 aliphatic carbocycles. The lowest BCUT2D eigenvalue weighted by Gasteiger charge is -2.21. The van der Waals surface area contributed by atoms with Gasteiger partial charge in [0.25, 0.3) is 5.91 Å². The van der Waals surface area contributed by atoms with Crippen molar-refractivity contribution in [2.24, 2.45) is 0 Å². The Morgan fingerprint density at radius 3 is 2.29 bits per heavy atom. The van der Waals surface area contributed by atoms with Gasteiger partial charge in [0.05, 0.1) is 24.6 Å². The Labute approximate surface area is 168 Å². The van der Waals surface area contributed by atoms with Gasteiger partial charge in [0.1, 0.15) is 10.7 Å². The molecule has 1 heterocycles. The summed E-state index contributed by atoms with van der Waals surface area (Å²) in [5.74, 6) is -1.04. The molecule has 0 atom stereocenters. The number of para-hydroxylation sites is 1. The van der Waals surface area contributed by atoms with E-state index in [2.05, 4.69) is 5.10 Å². The Kier molecular flexibility index (Phi) is 8.43. The molecule has 0 unspecified atom stereocenters. The van der Waals surface area contributed by atoms with Crippen LogP contribution in [-0.2, 0) is 19.0 Å². The quantitative estimate of drug-likeness (QED) is 0.559. The maximum Gasteiger partial charge on any atom is 0.343 e. The lowest BCUT2D eigenvalue weighted by molar-refractivity contribution is -0.135. The lowest BCUT2D eigenvalue weighted by atomic mass is 10.2. The van der Waals surface area contributed by atoms with Crippen LogP contribution in [0, 0.1) is 6.92 Å². The largest absolute Gasteiger partial charge is 0.452 e. The second kappa shape index (κ2) is 10.8. The number of ether oxygens (including phenoxy) is 3. The van der Waals surface area contributed by atoms with Gasteiger partial charge in [-0.15, -0.1) is 0 Å². The van der Waals surface area contributed by atoms with Crippen molar-refractivity contribution in [3.63, 3.8) is 0 Å². The molecule has 2 aromatic rings. The molecule has 0 saturated heterocycles. The molecule has 1 amide bonds. The third-order valence-electron chi connectivity index (χ3n) is 4.02. The van der Waals surface area contributed by atoms with Gasteiger partial charge >= 0.3 is 5.97 Å². The van der Waals surface area contributed by atoms with Crippen molar-refractivity contribution >= 4 is 23.5 Å². The summed E-state index contributed by atoms with van der Waals surface area (Å²) in [6, 6.07) is 9.19. The van der Waals surface area contributed by atoms with Crippen LogP contribution in [0.25, 0.3) is 5.69 Å². The molecule has 0 fully saturated rings. The lowest BCUT2D eigenvalue weighted by Crippen LogP contribution is -2.39. The molecule has 1 aromatic carbocycles. The van der Waals surface area contributed by atoms with Gasteiger partial charge in [-0.1, -0.05) is 29.8 Å². The first-order chi connectivity index (χ1) is 13.5. The molecule has 0 N–H and O–H groups in total. The van der Waals surface area contributed by atoms with Crippen LogP contribution in [-0.4, -0.2) is 73.7 Å². The predicted octanol–water partition coefficient (Wildman–Crippen LogP) is 2.11. The molecule has 0 saturated carbocycles. The Morgan fingerprint density at radius 2 is 1.71 bits per heavy atom. The number of aromatic nitrogens is 2.